The van der Waals surface area contributed by atoms with Crippen molar-refractivity contribution >= 4 is 6.09 Å². The molecule has 49 heavy (non-hydrogen) atoms. The third-order valence-corrected chi connectivity index (χ3v) is 16.1. The molecule has 1 amide bonds. The second-order valence-corrected chi connectivity index (χ2v) is 19.7. The SMILES string of the molecule is C=C(OC)C1=C(C#C[C@]23CCC(C(=C)C)C2C2CCC4[C@@]5(C)CC[C@H](O)C(C)(C)C5CC[C@@]4(C)[C@]2(C)CC3)CCN(C(=O)OC(C)(C)C)C1. The molecule has 5 unspecified atom stereocenters. The minimum Gasteiger partial charge on any atom is -0.497 e. The van der Waals surface area contributed by atoms with E-state index < -0.39 is 5.60 Å². The zero-order valence-corrected chi connectivity index (χ0v) is 32.7. The topological polar surface area (TPSA) is 59.0 Å². The van der Waals surface area contributed by atoms with E-state index in [-0.39, 0.29) is 39.3 Å². The van der Waals surface area contributed by atoms with Gasteiger partial charge in [0, 0.05) is 23.1 Å². The molecule has 1 heterocycles. The Bertz CT molecular complexity index is 1470. The Labute approximate surface area is 298 Å². The molecule has 0 aromatic heterocycles. The standard InChI is InChI=1S/C44H67NO4/c1-28(2)31-16-23-44(22-15-30-19-26-45(27-32(30)29(3)48-12)38(47)49-39(4,5)6)25-24-42(10)33(37(31)44)13-14-35-41(9)20-18-36(46)40(7,8)34(41)17-21-43(35,42)11/h31,33-37,46H,1,3,13-14,16-21,23-27H2,2,4-12H3/t31?,33?,34?,35?,36-,37?,41-,42+,43+,44+/m0/s1. The van der Waals surface area contributed by atoms with Crippen LogP contribution in [-0.4, -0.2) is 48.0 Å². The molecule has 5 saturated carbocycles. The van der Waals surface area contributed by atoms with Crippen molar-refractivity contribution in [3.8, 4) is 11.8 Å². The Morgan fingerprint density at radius 2 is 1.63 bits per heavy atom. The van der Waals surface area contributed by atoms with Gasteiger partial charge in [0.2, 0.25) is 0 Å². The second kappa shape index (κ2) is 12.2. The molecule has 272 valence electrons. The number of fused-ring (bicyclic) bond motifs is 7. The maximum absolute atomic E-state index is 13.0. The van der Waals surface area contributed by atoms with Crippen molar-refractivity contribution in [3.05, 3.63) is 35.6 Å². The first-order chi connectivity index (χ1) is 22.7. The molecule has 6 rings (SSSR count). The molecule has 5 fully saturated rings. The number of aliphatic hydroxyl groups is 1. The highest BCUT2D eigenvalue weighted by Gasteiger charge is 2.70. The molecule has 5 aliphatic carbocycles. The summed E-state index contributed by atoms with van der Waals surface area (Å²) < 4.78 is 11.4. The van der Waals surface area contributed by atoms with Crippen molar-refractivity contribution < 1.29 is 19.4 Å². The Kier molecular flexibility index (Phi) is 9.12. The lowest BCUT2D eigenvalue weighted by molar-refractivity contribution is -0.244. The van der Waals surface area contributed by atoms with Crippen LogP contribution < -0.4 is 0 Å². The van der Waals surface area contributed by atoms with Gasteiger partial charge in [-0.15, -0.1) is 0 Å². The average Bonchev–Trinajstić information content (AvgIpc) is 3.41. The number of hydrogen-bond donors (Lipinski definition) is 1. The summed E-state index contributed by atoms with van der Waals surface area (Å²) in [6, 6.07) is 0. The average molecular weight is 674 g/mol. The van der Waals surface area contributed by atoms with Gasteiger partial charge in [-0.25, -0.2) is 4.79 Å². The zero-order chi connectivity index (χ0) is 35.9. The summed E-state index contributed by atoms with van der Waals surface area (Å²) in [7, 11) is 1.65. The van der Waals surface area contributed by atoms with Gasteiger partial charge in [-0.05, 0) is 150 Å². The van der Waals surface area contributed by atoms with Crippen molar-refractivity contribution in [1.29, 1.82) is 0 Å². The van der Waals surface area contributed by atoms with Gasteiger partial charge in [-0.3, -0.25) is 0 Å². The highest BCUT2D eigenvalue weighted by molar-refractivity contribution is 5.69. The Balaban J connectivity index is 1.34. The largest absolute Gasteiger partial charge is 0.497 e. The number of nitrogens with zero attached hydrogens (tertiary/aromatic N) is 1. The number of amides is 1. The van der Waals surface area contributed by atoms with Gasteiger partial charge in [0.25, 0.3) is 0 Å². The molecule has 0 radical (unpaired) electrons. The number of carbonyl (C=O) groups excluding carboxylic acids is 1. The van der Waals surface area contributed by atoms with E-state index in [0.717, 1.165) is 36.8 Å². The van der Waals surface area contributed by atoms with Gasteiger partial charge in [0.1, 0.15) is 11.4 Å². The van der Waals surface area contributed by atoms with Gasteiger partial charge in [-0.2, -0.15) is 0 Å². The fraction of sp³-hybridized carbons (Fsp3) is 0.795. The lowest BCUT2D eigenvalue weighted by Crippen LogP contribution is -2.66. The second-order valence-electron chi connectivity index (χ2n) is 19.7. The number of ether oxygens (including phenoxy) is 2. The summed E-state index contributed by atoms with van der Waals surface area (Å²) >= 11 is 0. The van der Waals surface area contributed by atoms with Crippen molar-refractivity contribution in [2.24, 2.45) is 56.7 Å². The number of rotatable bonds is 3. The van der Waals surface area contributed by atoms with Crippen LogP contribution in [0.2, 0.25) is 0 Å². The van der Waals surface area contributed by atoms with Gasteiger partial charge in [0.05, 0.1) is 19.8 Å². The molecular weight excluding hydrogens is 606 g/mol. The Morgan fingerprint density at radius 1 is 0.918 bits per heavy atom. The van der Waals surface area contributed by atoms with E-state index in [9.17, 15) is 9.90 Å². The smallest absolute Gasteiger partial charge is 0.410 e. The van der Waals surface area contributed by atoms with Crippen molar-refractivity contribution in [2.45, 2.75) is 145 Å². The number of hydrogen-bond acceptors (Lipinski definition) is 4. The predicted molar refractivity (Wildman–Crippen MR) is 198 cm³/mol. The number of aliphatic hydroxyl groups excluding tert-OH is 1. The number of allylic oxidation sites excluding steroid dienone is 1. The predicted octanol–water partition coefficient (Wildman–Crippen LogP) is 10.1. The first-order valence-corrected chi connectivity index (χ1v) is 19.5. The van der Waals surface area contributed by atoms with Gasteiger partial charge >= 0.3 is 6.09 Å². The Hall–Kier alpha value is -2.19. The van der Waals surface area contributed by atoms with E-state index in [0.29, 0.717) is 54.9 Å². The maximum Gasteiger partial charge on any atom is 0.410 e. The van der Waals surface area contributed by atoms with Gasteiger partial charge in [-0.1, -0.05) is 65.2 Å². The molecule has 10 atom stereocenters. The van der Waals surface area contributed by atoms with Crippen molar-refractivity contribution in [3.63, 3.8) is 0 Å². The van der Waals surface area contributed by atoms with Gasteiger partial charge < -0.3 is 19.5 Å². The summed E-state index contributed by atoms with van der Waals surface area (Å²) in [5.74, 6) is 11.3. The van der Waals surface area contributed by atoms with Crippen LogP contribution in [0.1, 0.15) is 133 Å². The molecule has 6 aliphatic rings. The summed E-state index contributed by atoms with van der Waals surface area (Å²) in [6.07, 6.45) is 12.1. The van der Waals surface area contributed by atoms with E-state index in [1.807, 2.05) is 20.8 Å². The quantitative estimate of drug-likeness (QED) is 0.184. The van der Waals surface area contributed by atoms with Crippen LogP contribution in [0.5, 0.6) is 0 Å². The Morgan fingerprint density at radius 3 is 2.29 bits per heavy atom. The van der Waals surface area contributed by atoms with Crippen LogP contribution >= 0.6 is 0 Å². The fourth-order valence-corrected chi connectivity index (χ4v) is 13.3. The van der Waals surface area contributed by atoms with E-state index in [1.54, 1.807) is 12.0 Å². The maximum atomic E-state index is 13.0. The molecule has 0 bridgehead atoms. The molecule has 0 spiro atoms. The monoisotopic (exact) mass is 674 g/mol. The van der Waals surface area contributed by atoms with Crippen LogP contribution in [0.15, 0.2) is 35.6 Å². The lowest BCUT2D eigenvalue weighted by atomic mass is 9.32. The van der Waals surface area contributed by atoms with Crippen molar-refractivity contribution in [1.82, 2.24) is 4.90 Å². The highest BCUT2D eigenvalue weighted by atomic mass is 16.6. The summed E-state index contributed by atoms with van der Waals surface area (Å²) in [4.78, 5) is 14.8. The molecule has 5 nitrogen and oxygen atoms in total. The van der Waals surface area contributed by atoms with Crippen LogP contribution in [0.3, 0.4) is 0 Å². The third kappa shape index (κ3) is 5.64. The normalized spacial score (nSPS) is 42.8. The third-order valence-electron chi connectivity index (χ3n) is 16.1. The summed E-state index contributed by atoms with van der Waals surface area (Å²) in [5, 5.41) is 11.1. The lowest BCUT2D eigenvalue weighted by Gasteiger charge is -2.72. The zero-order valence-electron chi connectivity index (χ0n) is 32.7. The summed E-state index contributed by atoms with van der Waals surface area (Å²) in [6.45, 7) is 30.5. The van der Waals surface area contributed by atoms with E-state index >= 15 is 0 Å². The molecule has 0 aromatic carbocycles. The first kappa shape index (κ1) is 36.6. The molecule has 1 aliphatic heterocycles. The van der Waals surface area contributed by atoms with Crippen LogP contribution in [-0.2, 0) is 9.47 Å². The minimum atomic E-state index is -0.548. The fourth-order valence-electron chi connectivity index (χ4n) is 13.3. The summed E-state index contributed by atoms with van der Waals surface area (Å²) in [5.41, 5.74) is 3.55. The number of carbonyl (C=O) groups is 1. The van der Waals surface area contributed by atoms with Crippen LogP contribution in [0, 0.1) is 68.5 Å². The molecular formula is C44H67NO4. The molecule has 0 saturated heterocycles. The van der Waals surface area contributed by atoms with E-state index in [2.05, 4.69) is 66.5 Å². The van der Waals surface area contributed by atoms with E-state index in [1.165, 1.54) is 44.1 Å². The molecule has 5 heteroatoms. The molecule has 0 aromatic rings. The number of methoxy groups -OCH3 is 1. The highest BCUT2D eigenvalue weighted by Crippen LogP contribution is 2.77. The van der Waals surface area contributed by atoms with E-state index in [4.69, 9.17) is 9.47 Å². The van der Waals surface area contributed by atoms with Crippen molar-refractivity contribution in [2.75, 3.05) is 20.2 Å². The minimum absolute atomic E-state index is 0.0232. The van der Waals surface area contributed by atoms with Gasteiger partial charge in [0.15, 0.2) is 0 Å². The van der Waals surface area contributed by atoms with Crippen LogP contribution in [0.4, 0.5) is 4.79 Å². The van der Waals surface area contributed by atoms with Crippen LogP contribution in [0.25, 0.3) is 0 Å². The first-order valence-electron chi connectivity index (χ1n) is 19.5. The molecule has 1 N–H and O–H groups in total.